The van der Waals surface area contributed by atoms with Gasteiger partial charge in [0.1, 0.15) is 17.1 Å². The molecule has 1 aliphatic rings. The third-order valence-electron chi connectivity index (χ3n) is 2.99. The monoisotopic (exact) mass is 255 g/mol. The number of aromatic nitrogens is 2. The van der Waals surface area contributed by atoms with Gasteiger partial charge in [-0.15, -0.1) is 0 Å². The van der Waals surface area contributed by atoms with E-state index in [1.165, 1.54) is 0 Å². The number of likely N-dealkylation sites (tertiary alicyclic amines) is 1. The quantitative estimate of drug-likeness (QED) is 0.776. The van der Waals surface area contributed by atoms with Crippen LogP contribution in [-0.2, 0) is 6.42 Å². The lowest BCUT2D eigenvalue weighted by Gasteiger charge is -2.28. The molecule has 1 fully saturated rings. The highest BCUT2D eigenvalue weighted by atomic mass is 35.5. The Labute approximate surface area is 107 Å². The molecule has 0 atom stereocenters. The van der Waals surface area contributed by atoms with Crippen LogP contribution in [0, 0.1) is 0 Å². The van der Waals surface area contributed by atoms with Gasteiger partial charge in [-0.25, -0.2) is 4.98 Å². The van der Waals surface area contributed by atoms with Crippen LogP contribution in [0.3, 0.4) is 0 Å². The topological polar surface area (TPSA) is 38.2 Å². The second-order valence-corrected chi connectivity index (χ2v) is 4.81. The van der Waals surface area contributed by atoms with Crippen LogP contribution in [0.4, 0.5) is 0 Å². The molecule has 0 radical (unpaired) electrons. The van der Waals surface area contributed by atoms with Gasteiger partial charge in [-0.2, -0.15) is 4.98 Å². The molecular formula is C12H18ClN3O. The third kappa shape index (κ3) is 3.54. The lowest BCUT2D eigenvalue weighted by Crippen LogP contribution is -2.35. The number of nitrogens with zero attached hydrogens (tertiary/aromatic N) is 3. The van der Waals surface area contributed by atoms with Crippen molar-refractivity contribution in [1.82, 2.24) is 14.9 Å². The molecule has 2 rings (SSSR count). The summed E-state index contributed by atoms with van der Waals surface area (Å²) in [6.07, 6.45) is 3.10. The van der Waals surface area contributed by atoms with Gasteiger partial charge in [-0.1, -0.05) is 18.5 Å². The summed E-state index contributed by atoms with van der Waals surface area (Å²) < 4.78 is 5.86. The van der Waals surface area contributed by atoms with E-state index < -0.39 is 0 Å². The van der Waals surface area contributed by atoms with Gasteiger partial charge < -0.3 is 9.64 Å². The van der Waals surface area contributed by atoms with E-state index in [0.717, 1.165) is 38.2 Å². The molecule has 0 amide bonds. The van der Waals surface area contributed by atoms with Crippen molar-refractivity contribution in [2.24, 2.45) is 0 Å². The smallest absolute Gasteiger partial charge is 0.218 e. The minimum atomic E-state index is 0.252. The van der Waals surface area contributed by atoms with Crippen LogP contribution >= 0.6 is 11.6 Å². The number of ether oxygens (including phenoxy) is 1. The molecule has 0 spiro atoms. The van der Waals surface area contributed by atoms with Gasteiger partial charge >= 0.3 is 0 Å². The van der Waals surface area contributed by atoms with E-state index >= 15 is 0 Å². The predicted molar refractivity (Wildman–Crippen MR) is 67.6 cm³/mol. The van der Waals surface area contributed by atoms with Crippen molar-refractivity contribution in [1.29, 1.82) is 0 Å². The third-order valence-corrected chi connectivity index (χ3v) is 3.18. The van der Waals surface area contributed by atoms with Crippen LogP contribution in [0.25, 0.3) is 0 Å². The Morgan fingerprint density at radius 1 is 1.41 bits per heavy atom. The molecule has 5 heteroatoms. The fourth-order valence-corrected chi connectivity index (χ4v) is 2.12. The van der Waals surface area contributed by atoms with Crippen LogP contribution in [0.15, 0.2) is 6.07 Å². The summed E-state index contributed by atoms with van der Waals surface area (Å²) in [5, 5.41) is 0.458. The first kappa shape index (κ1) is 12.6. The Bertz CT molecular complexity index is 378. The molecule has 0 saturated carbocycles. The maximum absolute atomic E-state index is 5.93. The summed E-state index contributed by atoms with van der Waals surface area (Å²) in [6, 6.07) is 1.69. The molecule has 0 aliphatic carbocycles. The van der Waals surface area contributed by atoms with E-state index in [-0.39, 0.29) is 6.10 Å². The van der Waals surface area contributed by atoms with E-state index in [1.54, 1.807) is 6.07 Å². The van der Waals surface area contributed by atoms with Crippen molar-refractivity contribution >= 4 is 11.6 Å². The molecular weight excluding hydrogens is 238 g/mol. The number of piperidine rings is 1. The molecule has 0 N–H and O–H groups in total. The molecule has 1 aromatic rings. The Kier molecular flexibility index (Phi) is 4.18. The highest BCUT2D eigenvalue weighted by molar-refractivity contribution is 6.29. The molecule has 4 nitrogen and oxygen atoms in total. The Balaban J connectivity index is 2.00. The molecule has 0 bridgehead atoms. The van der Waals surface area contributed by atoms with Crippen molar-refractivity contribution in [3.8, 4) is 5.88 Å². The second kappa shape index (κ2) is 5.65. The van der Waals surface area contributed by atoms with Crippen LogP contribution in [0.2, 0.25) is 5.15 Å². The number of hydrogen-bond donors (Lipinski definition) is 0. The maximum Gasteiger partial charge on any atom is 0.218 e. The van der Waals surface area contributed by atoms with E-state index in [4.69, 9.17) is 16.3 Å². The standard InChI is InChI=1S/C12H18ClN3O/c1-3-11-14-10(13)8-12(15-11)17-9-4-6-16(2)7-5-9/h8-9H,3-7H2,1-2H3. The largest absolute Gasteiger partial charge is 0.474 e. The lowest BCUT2D eigenvalue weighted by atomic mass is 10.1. The Morgan fingerprint density at radius 2 is 2.12 bits per heavy atom. The molecule has 1 aromatic heterocycles. The average Bonchev–Trinajstić information content (AvgIpc) is 2.31. The van der Waals surface area contributed by atoms with E-state index in [9.17, 15) is 0 Å². The summed E-state index contributed by atoms with van der Waals surface area (Å²) in [5.41, 5.74) is 0. The summed E-state index contributed by atoms with van der Waals surface area (Å²) in [7, 11) is 2.13. The summed E-state index contributed by atoms with van der Waals surface area (Å²) in [6.45, 7) is 4.15. The van der Waals surface area contributed by atoms with Crippen LogP contribution in [0.5, 0.6) is 5.88 Å². The molecule has 0 aromatic carbocycles. The molecule has 2 heterocycles. The van der Waals surface area contributed by atoms with E-state index in [2.05, 4.69) is 21.9 Å². The molecule has 17 heavy (non-hydrogen) atoms. The maximum atomic E-state index is 5.93. The fourth-order valence-electron chi connectivity index (χ4n) is 1.93. The van der Waals surface area contributed by atoms with Crippen molar-refractivity contribution in [3.05, 3.63) is 17.0 Å². The zero-order valence-electron chi connectivity index (χ0n) is 10.3. The average molecular weight is 256 g/mol. The molecule has 0 unspecified atom stereocenters. The first-order chi connectivity index (χ1) is 8.17. The summed E-state index contributed by atoms with van der Waals surface area (Å²) >= 11 is 5.93. The van der Waals surface area contributed by atoms with Crippen LogP contribution in [-0.4, -0.2) is 41.1 Å². The lowest BCUT2D eigenvalue weighted by molar-refractivity contribution is 0.109. The fraction of sp³-hybridized carbons (Fsp3) is 0.667. The van der Waals surface area contributed by atoms with E-state index in [1.807, 2.05) is 6.92 Å². The zero-order valence-corrected chi connectivity index (χ0v) is 11.1. The van der Waals surface area contributed by atoms with Gasteiger partial charge in [-0.05, 0) is 19.9 Å². The zero-order chi connectivity index (χ0) is 12.3. The highest BCUT2D eigenvalue weighted by Crippen LogP contribution is 2.19. The molecule has 1 aliphatic heterocycles. The minimum Gasteiger partial charge on any atom is -0.474 e. The summed E-state index contributed by atoms with van der Waals surface area (Å²) in [5.74, 6) is 1.34. The normalized spacial score (nSPS) is 18.3. The summed E-state index contributed by atoms with van der Waals surface area (Å²) in [4.78, 5) is 10.8. The Hall–Kier alpha value is -0.870. The van der Waals surface area contributed by atoms with Crippen molar-refractivity contribution in [3.63, 3.8) is 0 Å². The van der Waals surface area contributed by atoms with Gasteiger partial charge in [0, 0.05) is 25.6 Å². The first-order valence-corrected chi connectivity index (χ1v) is 6.44. The number of rotatable bonds is 3. The van der Waals surface area contributed by atoms with Crippen molar-refractivity contribution < 1.29 is 4.74 Å². The minimum absolute atomic E-state index is 0.252. The van der Waals surface area contributed by atoms with Gasteiger partial charge in [0.05, 0.1) is 0 Å². The highest BCUT2D eigenvalue weighted by Gasteiger charge is 2.18. The second-order valence-electron chi connectivity index (χ2n) is 4.42. The first-order valence-electron chi connectivity index (χ1n) is 6.06. The molecule has 1 saturated heterocycles. The Morgan fingerprint density at radius 3 is 2.76 bits per heavy atom. The van der Waals surface area contributed by atoms with Gasteiger partial charge in [0.25, 0.3) is 0 Å². The molecule has 94 valence electrons. The number of aryl methyl sites for hydroxylation is 1. The van der Waals surface area contributed by atoms with Crippen LogP contribution < -0.4 is 4.74 Å². The number of halogens is 1. The van der Waals surface area contributed by atoms with Gasteiger partial charge in [-0.3, -0.25) is 0 Å². The SMILES string of the molecule is CCc1nc(Cl)cc(OC2CCN(C)CC2)n1. The van der Waals surface area contributed by atoms with Gasteiger partial charge in [0.2, 0.25) is 5.88 Å². The van der Waals surface area contributed by atoms with Crippen molar-refractivity contribution in [2.45, 2.75) is 32.3 Å². The van der Waals surface area contributed by atoms with Crippen molar-refractivity contribution in [2.75, 3.05) is 20.1 Å². The van der Waals surface area contributed by atoms with E-state index in [0.29, 0.717) is 11.0 Å². The van der Waals surface area contributed by atoms with Crippen LogP contribution in [0.1, 0.15) is 25.6 Å². The van der Waals surface area contributed by atoms with Gasteiger partial charge in [0.15, 0.2) is 0 Å². The predicted octanol–water partition coefficient (Wildman–Crippen LogP) is 2.17. The number of hydrogen-bond acceptors (Lipinski definition) is 4.